The third-order valence-electron chi connectivity index (χ3n) is 9.64. The first-order valence-corrected chi connectivity index (χ1v) is 17.6. The Kier molecular flexibility index (Phi) is 10.00. The molecule has 0 radical (unpaired) electrons. The van der Waals surface area contributed by atoms with Crippen molar-refractivity contribution < 1.29 is 18.3 Å². The second-order valence-electron chi connectivity index (χ2n) is 13.2. The standard InChI is InChI=1S/C42H39F2N5O3/c1-3-29-7-4-5-20-47(22-18-29)35-13-9-30(23-28(2)24-35)31-25-40(38-17-19-45-49(38)27-31)52-39-16-12-33(26-37(39)44)46-41(50)36-8-6-21-48(42(36)51)34-14-10-32(43)11-15-34/h6,8-17,19,21,23,25-27,29H,3-5,7,18,20,22H2,1-2H3,(H,46,50). The van der Waals surface area contributed by atoms with E-state index in [1.165, 1.54) is 91.4 Å². The normalized spacial score (nSPS) is 16.3. The highest BCUT2D eigenvalue weighted by atomic mass is 19.1. The summed E-state index contributed by atoms with van der Waals surface area (Å²) in [5.41, 5.74) is 7.89. The topological polar surface area (TPSA) is 80.9 Å². The molecule has 1 N–H and O–H groups in total. The SMILES string of the molecule is CCC1CCCCN(C2=C=C(C)C=C(c3cc(Oc4ccc(NC(=O)c5cccn(-c6ccc(F)cc6)c5=O)cc4F)c4ccnn4c3)C=C2)CC1. The van der Waals surface area contributed by atoms with E-state index in [9.17, 15) is 14.0 Å². The Hall–Kier alpha value is -5.99. The van der Waals surface area contributed by atoms with E-state index in [1.54, 1.807) is 16.8 Å². The van der Waals surface area contributed by atoms with Crippen LogP contribution in [0.15, 0.2) is 125 Å². The Bertz CT molecular complexity index is 2330. The van der Waals surface area contributed by atoms with E-state index in [0.29, 0.717) is 17.0 Å². The number of nitrogens with one attached hydrogen (secondary N) is 1. The fourth-order valence-corrected chi connectivity index (χ4v) is 6.76. The van der Waals surface area contributed by atoms with Crippen LogP contribution >= 0.6 is 0 Å². The fraction of sp³-hybridized carbons (Fsp3) is 0.238. The Labute approximate surface area is 300 Å². The summed E-state index contributed by atoms with van der Waals surface area (Å²) in [6.45, 7) is 6.36. The number of rotatable bonds is 8. The number of halogens is 2. The van der Waals surface area contributed by atoms with Gasteiger partial charge in [-0.3, -0.25) is 14.2 Å². The van der Waals surface area contributed by atoms with Crippen molar-refractivity contribution in [2.75, 3.05) is 18.4 Å². The van der Waals surface area contributed by atoms with Crippen LogP contribution in [0.5, 0.6) is 11.5 Å². The highest BCUT2D eigenvalue weighted by Crippen LogP contribution is 2.34. The van der Waals surface area contributed by atoms with E-state index in [1.807, 2.05) is 19.2 Å². The van der Waals surface area contributed by atoms with Crippen LogP contribution in [0.2, 0.25) is 0 Å². The molecule has 264 valence electrons. The van der Waals surface area contributed by atoms with Crippen molar-refractivity contribution in [2.45, 2.75) is 46.0 Å². The van der Waals surface area contributed by atoms with Gasteiger partial charge in [-0.15, -0.1) is 0 Å². The van der Waals surface area contributed by atoms with Crippen LogP contribution in [0.1, 0.15) is 61.9 Å². The van der Waals surface area contributed by atoms with Crippen LogP contribution < -0.4 is 15.6 Å². The largest absolute Gasteiger partial charge is 0.452 e. The number of pyridine rings is 2. The molecule has 1 fully saturated rings. The van der Waals surface area contributed by atoms with Gasteiger partial charge in [0.2, 0.25) is 0 Å². The summed E-state index contributed by atoms with van der Waals surface area (Å²) in [6.07, 6.45) is 17.5. The predicted octanol–water partition coefficient (Wildman–Crippen LogP) is 9.09. The van der Waals surface area contributed by atoms with E-state index >= 15 is 4.39 Å². The molecule has 1 aliphatic carbocycles. The number of ether oxygens (including phenoxy) is 1. The number of benzene rings is 2. The number of nitrogens with zero attached hydrogens (tertiary/aromatic N) is 4. The third-order valence-corrected chi connectivity index (χ3v) is 9.64. The van der Waals surface area contributed by atoms with Crippen LogP contribution in [-0.4, -0.2) is 38.1 Å². The lowest BCUT2D eigenvalue weighted by Gasteiger charge is -2.29. The second kappa shape index (κ2) is 15.1. The molecule has 3 aromatic heterocycles. The van der Waals surface area contributed by atoms with E-state index in [-0.39, 0.29) is 17.0 Å². The molecule has 1 unspecified atom stereocenters. The van der Waals surface area contributed by atoms with Gasteiger partial charge in [0.15, 0.2) is 17.3 Å². The smallest absolute Gasteiger partial charge is 0.267 e. The average Bonchev–Trinajstić information content (AvgIpc) is 3.52. The maximum absolute atomic E-state index is 15.6. The number of allylic oxidation sites excluding steroid dienone is 4. The number of hydrogen-bond acceptors (Lipinski definition) is 5. The van der Waals surface area contributed by atoms with Crippen molar-refractivity contribution in [3.05, 3.63) is 154 Å². The number of anilines is 1. The van der Waals surface area contributed by atoms with E-state index < -0.39 is 23.1 Å². The van der Waals surface area contributed by atoms with Crippen molar-refractivity contribution in [1.82, 2.24) is 19.1 Å². The van der Waals surface area contributed by atoms with Crippen molar-refractivity contribution in [3.8, 4) is 17.2 Å². The van der Waals surface area contributed by atoms with Crippen LogP contribution in [0.25, 0.3) is 16.8 Å². The molecule has 2 aliphatic rings. The quantitative estimate of drug-likeness (QED) is 0.164. The lowest BCUT2D eigenvalue weighted by molar-refractivity contribution is 0.102. The molecule has 0 spiro atoms. The van der Waals surface area contributed by atoms with Crippen LogP contribution in [0.4, 0.5) is 14.5 Å². The Balaban J connectivity index is 1.09. The Morgan fingerprint density at radius 1 is 1.00 bits per heavy atom. The van der Waals surface area contributed by atoms with E-state index in [2.05, 4.69) is 46.2 Å². The summed E-state index contributed by atoms with van der Waals surface area (Å²) in [6, 6.07) is 16.0. The molecule has 2 aromatic carbocycles. The van der Waals surface area contributed by atoms with Gasteiger partial charge in [0.05, 0.1) is 11.9 Å². The lowest BCUT2D eigenvalue weighted by Crippen LogP contribution is -2.28. The molecule has 52 heavy (non-hydrogen) atoms. The Morgan fingerprint density at radius 3 is 2.65 bits per heavy atom. The zero-order chi connectivity index (χ0) is 36.2. The fourth-order valence-electron chi connectivity index (χ4n) is 6.76. The summed E-state index contributed by atoms with van der Waals surface area (Å²) in [5.74, 6) is -0.758. The minimum atomic E-state index is -0.716. The van der Waals surface area contributed by atoms with Gasteiger partial charge < -0.3 is 15.0 Å². The average molecular weight is 700 g/mol. The predicted molar refractivity (Wildman–Crippen MR) is 199 cm³/mol. The molecule has 7 rings (SSSR count). The molecule has 1 atom stereocenters. The molecule has 5 aromatic rings. The first-order chi connectivity index (χ1) is 25.2. The van der Waals surface area contributed by atoms with Crippen molar-refractivity contribution in [2.24, 2.45) is 5.92 Å². The van der Waals surface area contributed by atoms with E-state index in [0.717, 1.165) is 47.5 Å². The van der Waals surface area contributed by atoms with Crippen LogP contribution in [-0.2, 0) is 0 Å². The molecule has 1 amide bonds. The molecule has 4 heterocycles. The summed E-state index contributed by atoms with van der Waals surface area (Å²) >= 11 is 0. The van der Waals surface area contributed by atoms with Gasteiger partial charge >= 0.3 is 0 Å². The summed E-state index contributed by atoms with van der Waals surface area (Å²) in [5, 5.41) is 7.03. The molecule has 1 aliphatic heterocycles. The maximum atomic E-state index is 15.6. The zero-order valence-electron chi connectivity index (χ0n) is 29.1. The molecular weight excluding hydrogens is 660 g/mol. The van der Waals surface area contributed by atoms with Crippen LogP contribution in [0, 0.1) is 17.6 Å². The van der Waals surface area contributed by atoms with Gasteiger partial charge in [-0.05, 0) is 110 Å². The molecule has 0 bridgehead atoms. The first kappa shape index (κ1) is 34.5. The molecule has 1 saturated heterocycles. The zero-order valence-corrected chi connectivity index (χ0v) is 29.1. The monoisotopic (exact) mass is 699 g/mol. The van der Waals surface area contributed by atoms with Crippen molar-refractivity contribution in [1.29, 1.82) is 0 Å². The van der Waals surface area contributed by atoms with E-state index in [4.69, 9.17) is 4.74 Å². The molecular formula is C42H39F2N5O3. The van der Waals surface area contributed by atoms with Crippen LogP contribution in [0.3, 0.4) is 0 Å². The maximum Gasteiger partial charge on any atom is 0.267 e. The second-order valence-corrected chi connectivity index (χ2v) is 13.2. The third kappa shape index (κ3) is 7.53. The molecule has 8 nitrogen and oxygen atoms in total. The molecule has 10 heteroatoms. The number of carbonyl (C=O) groups is 1. The lowest BCUT2D eigenvalue weighted by atomic mass is 9.93. The number of amides is 1. The summed E-state index contributed by atoms with van der Waals surface area (Å²) in [7, 11) is 0. The number of aromatic nitrogens is 3. The number of fused-ring (bicyclic) bond motifs is 1. The van der Waals surface area contributed by atoms with Crippen molar-refractivity contribution >= 4 is 22.7 Å². The highest BCUT2D eigenvalue weighted by molar-refractivity contribution is 6.04. The number of likely N-dealkylation sites (tertiary alicyclic amines) is 1. The summed E-state index contributed by atoms with van der Waals surface area (Å²) in [4.78, 5) is 28.7. The number of carbonyl (C=O) groups excluding carboxylic acids is 1. The van der Waals surface area contributed by atoms with Gasteiger partial charge in [-0.25, -0.2) is 13.3 Å². The van der Waals surface area contributed by atoms with Gasteiger partial charge in [0.25, 0.3) is 11.5 Å². The first-order valence-electron chi connectivity index (χ1n) is 17.6. The number of hydrogen-bond donors (Lipinski definition) is 1. The Morgan fingerprint density at radius 2 is 1.85 bits per heavy atom. The summed E-state index contributed by atoms with van der Waals surface area (Å²) < 4.78 is 38.1. The van der Waals surface area contributed by atoms with Gasteiger partial charge in [-0.1, -0.05) is 38.0 Å². The highest BCUT2D eigenvalue weighted by Gasteiger charge is 2.19. The van der Waals surface area contributed by atoms with Crippen molar-refractivity contribution in [3.63, 3.8) is 0 Å². The van der Waals surface area contributed by atoms with Gasteiger partial charge in [-0.2, -0.15) is 5.10 Å². The minimum absolute atomic E-state index is 0.0514. The minimum Gasteiger partial charge on any atom is -0.452 e. The molecule has 0 saturated carbocycles. The van der Waals surface area contributed by atoms with Gasteiger partial charge in [0.1, 0.15) is 16.9 Å². The van der Waals surface area contributed by atoms with Gasteiger partial charge in [0, 0.05) is 48.5 Å².